The first-order valence-corrected chi connectivity index (χ1v) is 8.68. The predicted octanol–water partition coefficient (Wildman–Crippen LogP) is 2.82. The summed E-state index contributed by atoms with van der Waals surface area (Å²) in [5.41, 5.74) is 0.897. The molecule has 8 nitrogen and oxygen atoms in total. The molecule has 0 radical (unpaired) electrons. The van der Waals surface area contributed by atoms with E-state index in [0.29, 0.717) is 48.0 Å². The Morgan fingerprint density at radius 1 is 1.21 bits per heavy atom. The second kappa shape index (κ2) is 7.28. The van der Waals surface area contributed by atoms with Crippen molar-refractivity contribution in [3.8, 4) is 22.6 Å². The fourth-order valence-corrected chi connectivity index (χ4v) is 3.13. The molecule has 1 N–H and O–H groups in total. The molecule has 1 atom stereocenters. The Labute approximate surface area is 159 Å². The standard InChI is InChI=1S/C19H16FN5O3/c20-15-4-3-12(8-17(15)25(27)28)16-9-18(24-7-5-14(26)11-24)23-19(22-16)13-2-1-6-21-10-13/h1-4,6,8-10,14,26H,5,7,11H2. The average Bonchev–Trinajstić information content (AvgIpc) is 3.15. The number of aliphatic hydroxyl groups is 1. The molecular formula is C19H16FN5O3. The smallest absolute Gasteiger partial charge is 0.305 e. The van der Waals surface area contributed by atoms with Gasteiger partial charge in [0.1, 0.15) is 5.82 Å². The van der Waals surface area contributed by atoms with Gasteiger partial charge in [0.15, 0.2) is 5.82 Å². The molecule has 9 heteroatoms. The average molecular weight is 381 g/mol. The van der Waals surface area contributed by atoms with Gasteiger partial charge in [-0.25, -0.2) is 9.97 Å². The molecule has 1 aliphatic heterocycles. The number of β-amino-alcohol motifs (C(OH)–C–C–N with tert-alkyl or cyclic N) is 1. The van der Waals surface area contributed by atoms with Crippen LogP contribution in [0.1, 0.15) is 6.42 Å². The van der Waals surface area contributed by atoms with Gasteiger partial charge in [-0.1, -0.05) is 0 Å². The molecule has 3 heterocycles. The summed E-state index contributed by atoms with van der Waals surface area (Å²) in [4.78, 5) is 25.4. The largest absolute Gasteiger partial charge is 0.391 e. The van der Waals surface area contributed by atoms with E-state index in [-0.39, 0.29) is 0 Å². The number of rotatable bonds is 4. The second-order valence-corrected chi connectivity index (χ2v) is 6.49. The van der Waals surface area contributed by atoms with E-state index in [1.165, 1.54) is 6.07 Å². The molecule has 4 rings (SSSR count). The van der Waals surface area contributed by atoms with Crippen LogP contribution in [0.5, 0.6) is 0 Å². The fourth-order valence-electron chi connectivity index (χ4n) is 3.13. The minimum atomic E-state index is -0.904. The molecule has 1 aliphatic rings. The zero-order chi connectivity index (χ0) is 19.7. The molecule has 0 amide bonds. The number of hydrogen-bond acceptors (Lipinski definition) is 7. The lowest BCUT2D eigenvalue weighted by molar-refractivity contribution is -0.387. The third kappa shape index (κ3) is 3.52. The van der Waals surface area contributed by atoms with Crippen molar-refractivity contribution in [1.82, 2.24) is 15.0 Å². The van der Waals surface area contributed by atoms with Gasteiger partial charge in [-0.15, -0.1) is 0 Å². The van der Waals surface area contributed by atoms with Gasteiger partial charge in [-0.2, -0.15) is 4.39 Å². The molecule has 0 bridgehead atoms. The zero-order valence-corrected chi connectivity index (χ0v) is 14.7. The monoisotopic (exact) mass is 381 g/mol. The first-order valence-electron chi connectivity index (χ1n) is 8.68. The number of aromatic nitrogens is 3. The van der Waals surface area contributed by atoms with E-state index in [4.69, 9.17) is 0 Å². The van der Waals surface area contributed by atoms with E-state index >= 15 is 0 Å². The van der Waals surface area contributed by atoms with Crippen molar-refractivity contribution in [3.63, 3.8) is 0 Å². The van der Waals surface area contributed by atoms with Crippen LogP contribution in [0.4, 0.5) is 15.9 Å². The third-order valence-electron chi connectivity index (χ3n) is 4.56. The van der Waals surface area contributed by atoms with Crippen LogP contribution in [-0.2, 0) is 0 Å². The normalized spacial score (nSPS) is 16.4. The third-order valence-corrected chi connectivity index (χ3v) is 4.56. The Morgan fingerprint density at radius 3 is 2.75 bits per heavy atom. The topological polar surface area (TPSA) is 105 Å². The zero-order valence-electron chi connectivity index (χ0n) is 14.7. The van der Waals surface area contributed by atoms with Crippen molar-refractivity contribution in [1.29, 1.82) is 0 Å². The minimum absolute atomic E-state index is 0.397. The molecular weight excluding hydrogens is 365 g/mol. The van der Waals surface area contributed by atoms with Crippen LogP contribution in [-0.4, -0.2) is 44.2 Å². The van der Waals surface area contributed by atoms with E-state index in [1.54, 1.807) is 24.5 Å². The molecule has 1 saturated heterocycles. The maximum atomic E-state index is 13.7. The van der Waals surface area contributed by atoms with Crippen LogP contribution in [0.3, 0.4) is 0 Å². The molecule has 3 aromatic rings. The van der Waals surface area contributed by atoms with Crippen molar-refractivity contribution in [2.24, 2.45) is 0 Å². The molecule has 0 aliphatic carbocycles. The summed E-state index contributed by atoms with van der Waals surface area (Å²) in [5.74, 6) is 0.0829. The minimum Gasteiger partial charge on any atom is -0.391 e. The number of nitro benzene ring substituents is 1. The molecule has 1 fully saturated rings. The molecule has 1 unspecified atom stereocenters. The van der Waals surface area contributed by atoms with Crippen molar-refractivity contribution in [2.45, 2.75) is 12.5 Å². The van der Waals surface area contributed by atoms with Gasteiger partial charge in [0.05, 0.1) is 16.7 Å². The molecule has 1 aromatic carbocycles. The number of aliphatic hydroxyl groups excluding tert-OH is 1. The van der Waals surface area contributed by atoms with Crippen molar-refractivity contribution in [2.75, 3.05) is 18.0 Å². The Balaban J connectivity index is 1.85. The number of nitrogens with zero attached hydrogens (tertiary/aromatic N) is 5. The fraction of sp³-hybridized carbons (Fsp3) is 0.211. The van der Waals surface area contributed by atoms with Crippen LogP contribution < -0.4 is 4.90 Å². The molecule has 0 saturated carbocycles. The number of benzene rings is 1. The van der Waals surface area contributed by atoms with Crippen LogP contribution in [0.25, 0.3) is 22.6 Å². The van der Waals surface area contributed by atoms with Gasteiger partial charge in [0, 0.05) is 48.7 Å². The van der Waals surface area contributed by atoms with E-state index in [9.17, 15) is 19.6 Å². The number of halogens is 1. The lowest BCUT2D eigenvalue weighted by atomic mass is 10.1. The highest BCUT2D eigenvalue weighted by Crippen LogP contribution is 2.30. The quantitative estimate of drug-likeness (QED) is 0.547. The predicted molar refractivity (Wildman–Crippen MR) is 100 cm³/mol. The van der Waals surface area contributed by atoms with Gasteiger partial charge >= 0.3 is 5.69 Å². The highest BCUT2D eigenvalue weighted by Gasteiger charge is 2.23. The number of anilines is 1. The van der Waals surface area contributed by atoms with Crippen LogP contribution in [0.15, 0.2) is 48.8 Å². The Morgan fingerprint density at radius 2 is 2.07 bits per heavy atom. The Kier molecular flexibility index (Phi) is 4.66. The van der Waals surface area contributed by atoms with E-state index in [1.807, 2.05) is 11.0 Å². The lowest BCUT2D eigenvalue weighted by Gasteiger charge is -2.18. The summed E-state index contributed by atoms with van der Waals surface area (Å²) < 4.78 is 13.7. The lowest BCUT2D eigenvalue weighted by Crippen LogP contribution is -2.22. The molecule has 2 aromatic heterocycles. The SMILES string of the molecule is O=[N+]([O-])c1cc(-c2cc(N3CCC(O)C3)nc(-c3cccnc3)n2)ccc1F. The first kappa shape index (κ1) is 17.9. The Bertz CT molecular complexity index is 1030. The summed E-state index contributed by atoms with van der Waals surface area (Å²) >= 11 is 0. The molecule has 142 valence electrons. The van der Waals surface area contributed by atoms with Crippen molar-refractivity contribution < 1.29 is 14.4 Å². The van der Waals surface area contributed by atoms with Gasteiger partial charge in [-0.3, -0.25) is 15.1 Å². The van der Waals surface area contributed by atoms with Gasteiger partial charge in [-0.05, 0) is 30.7 Å². The van der Waals surface area contributed by atoms with Gasteiger partial charge < -0.3 is 10.0 Å². The maximum absolute atomic E-state index is 13.7. The second-order valence-electron chi connectivity index (χ2n) is 6.49. The van der Waals surface area contributed by atoms with Crippen LogP contribution in [0, 0.1) is 15.9 Å². The van der Waals surface area contributed by atoms with E-state index < -0.39 is 22.5 Å². The van der Waals surface area contributed by atoms with Crippen molar-refractivity contribution in [3.05, 3.63) is 64.7 Å². The summed E-state index contributed by atoms with van der Waals surface area (Å²) in [6, 6.07) is 8.91. The van der Waals surface area contributed by atoms with E-state index in [0.717, 1.165) is 12.1 Å². The van der Waals surface area contributed by atoms with Crippen LogP contribution >= 0.6 is 0 Å². The summed E-state index contributed by atoms with van der Waals surface area (Å²) in [5, 5.41) is 20.9. The Hall–Kier alpha value is -3.46. The first-order chi connectivity index (χ1) is 13.5. The molecule has 0 spiro atoms. The van der Waals surface area contributed by atoms with Gasteiger partial charge in [0.2, 0.25) is 5.82 Å². The molecule has 28 heavy (non-hydrogen) atoms. The summed E-state index contributed by atoms with van der Waals surface area (Å²) in [6.07, 6.45) is 3.44. The summed E-state index contributed by atoms with van der Waals surface area (Å²) in [7, 11) is 0. The number of hydrogen-bond donors (Lipinski definition) is 1. The summed E-state index contributed by atoms with van der Waals surface area (Å²) in [6.45, 7) is 1.07. The van der Waals surface area contributed by atoms with Gasteiger partial charge in [0.25, 0.3) is 0 Å². The van der Waals surface area contributed by atoms with Crippen molar-refractivity contribution >= 4 is 11.5 Å². The van der Waals surface area contributed by atoms with E-state index in [2.05, 4.69) is 15.0 Å². The highest BCUT2D eigenvalue weighted by atomic mass is 19.1. The van der Waals surface area contributed by atoms with Crippen LogP contribution in [0.2, 0.25) is 0 Å². The maximum Gasteiger partial charge on any atom is 0.305 e. The number of nitro groups is 1. The highest BCUT2D eigenvalue weighted by molar-refractivity contribution is 5.69. The number of pyridine rings is 1.